The Morgan fingerprint density at radius 3 is 2.62 bits per heavy atom. The van der Waals surface area contributed by atoms with E-state index in [1.165, 1.54) is 0 Å². The van der Waals surface area contributed by atoms with Gasteiger partial charge in [-0.05, 0) is 42.0 Å². The van der Waals surface area contributed by atoms with Crippen molar-refractivity contribution < 1.29 is 9.47 Å². The Morgan fingerprint density at radius 1 is 0.917 bits per heavy atom. The first-order chi connectivity index (χ1) is 11.8. The topological polar surface area (TPSA) is 43.4 Å². The average molecular weight is 320 g/mol. The van der Waals surface area contributed by atoms with Crippen LogP contribution in [0.1, 0.15) is 11.3 Å². The molecule has 2 aromatic carbocycles. The summed E-state index contributed by atoms with van der Waals surface area (Å²) in [6, 6.07) is 21.8. The molecule has 1 aromatic heterocycles. The number of pyridine rings is 1. The fourth-order valence-corrected chi connectivity index (χ4v) is 2.32. The van der Waals surface area contributed by atoms with Gasteiger partial charge in [-0.25, -0.2) is 0 Å². The molecule has 0 atom stereocenters. The Bertz CT molecular complexity index is 775. The fourth-order valence-electron chi connectivity index (χ4n) is 2.32. The van der Waals surface area contributed by atoms with E-state index >= 15 is 0 Å². The van der Waals surface area contributed by atoms with Crippen LogP contribution >= 0.6 is 0 Å². The zero-order valence-corrected chi connectivity index (χ0v) is 13.6. The van der Waals surface area contributed by atoms with Gasteiger partial charge < -0.3 is 14.8 Å². The largest absolute Gasteiger partial charge is 0.497 e. The van der Waals surface area contributed by atoms with E-state index in [9.17, 15) is 0 Å². The lowest BCUT2D eigenvalue weighted by atomic mass is 10.2. The first-order valence-electron chi connectivity index (χ1n) is 7.83. The highest BCUT2D eigenvalue weighted by Gasteiger charge is 2.00. The lowest BCUT2D eigenvalue weighted by Gasteiger charge is -2.10. The maximum atomic E-state index is 5.81. The van der Waals surface area contributed by atoms with Gasteiger partial charge in [-0.15, -0.1) is 0 Å². The summed E-state index contributed by atoms with van der Waals surface area (Å²) in [4.78, 5) is 4.26. The van der Waals surface area contributed by atoms with Crippen molar-refractivity contribution >= 4 is 5.69 Å². The van der Waals surface area contributed by atoms with Crippen molar-refractivity contribution in [3.63, 3.8) is 0 Å². The Labute approximate surface area is 142 Å². The SMILES string of the molecule is COc1cccc(NCc2cccc(OCc3ccccn3)c2)c1. The Morgan fingerprint density at radius 2 is 1.79 bits per heavy atom. The van der Waals surface area contributed by atoms with Crippen molar-refractivity contribution in [1.82, 2.24) is 4.98 Å². The summed E-state index contributed by atoms with van der Waals surface area (Å²) < 4.78 is 11.0. The molecule has 0 fully saturated rings. The number of nitrogens with zero attached hydrogens (tertiary/aromatic N) is 1. The number of hydrogen-bond donors (Lipinski definition) is 1. The van der Waals surface area contributed by atoms with Crippen LogP contribution in [0.25, 0.3) is 0 Å². The first kappa shape index (κ1) is 15.9. The summed E-state index contributed by atoms with van der Waals surface area (Å²) in [5.41, 5.74) is 3.09. The van der Waals surface area contributed by atoms with Crippen molar-refractivity contribution in [2.45, 2.75) is 13.2 Å². The van der Waals surface area contributed by atoms with Gasteiger partial charge in [0.1, 0.15) is 18.1 Å². The van der Waals surface area contributed by atoms with Crippen molar-refractivity contribution in [3.05, 3.63) is 84.2 Å². The molecule has 0 aliphatic carbocycles. The third kappa shape index (κ3) is 4.49. The molecule has 4 heteroatoms. The van der Waals surface area contributed by atoms with Crippen molar-refractivity contribution in [1.29, 1.82) is 0 Å². The van der Waals surface area contributed by atoms with E-state index < -0.39 is 0 Å². The minimum atomic E-state index is 0.466. The number of benzene rings is 2. The molecule has 3 aromatic rings. The highest BCUT2D eigenvalue weighted by Crippen LogP contribution is 2.19. The van der Waals surface area contributed by atoms with Crippen LogP contribution in [0.15, 0.2) is 72.9 Å². The quantitative estimate of drug-likeness (QED) is 0.705. The molecule has 0 aliphatic heterocycles. The fraction of sp³-hybridized carbons (Fsp3) is 0.150. The first-order valence-corrected chi connectivity index (χ1v) is 7.83. The minimum absolute atomic E-state index is 0.466. The van der Waals surface area contributed by atoms with Gasteiger partial charge in [0.15, 0.2) is 0 Å². The lowest BCUT2D eigenvalue weighted by molar-refractivity contribution is 0.301. The number of hydrogen-bond acceptors (Lipinski definition) is 4. The van der Waals surface area contributed by atoms with E-state index in [1.54, 1.807) is 13.3 Å². The zero-order valence-electron chi connectivity index (χ0n) is 13.6. The number of rotatable bonds is 7. The van der Waals surface area contributed by atoms with Crippen LogP contribution in [0.5, 0.6) is 11.5 Å². The molecule has 0 aliphatic rings. The van der Waals surface area contributed by atoms with Gasteiger partial charge in [-0.3, -0.25) is 4.98 Å². The predicted octanol–water partition coefficient (Wildman–Crippen LogP) is 4.28. The second kappa shape index (κ2) is 8.02. The number of nitrogens with one attached hydrogen (secondary N) is 1. The zero-order chi connectivity index (χ0) is 16.6. The van der Waals surface area contributed by atoms with E-state index in [4.69, 9.17) is 9.47 Å². The highest BCUT2D eigenvalue weighted by atomic mass is 16.5. The van der Waals surface area contributed by atoms with Crippen LogP contribution in [0.3, 0.4) is 0 Å². The van der Waals surface area contributed by atoms with Crippen molar-refractivity contribution in [3.8, 4) is 11.5 Å². The molecule has 0 saturated carbocycles. The van der Waals surface area contributed by atoms with Gasteiger partial charge in [0.2, 0.25) is 0 Å². The summed E-state index contributed by atoms with van der Waals surface area (Å²) in [6.45, 7) is 1.18. The Kier molecular flexibility index (Phi) is 5.30. The second-order valence-corrected chi connectivity index (χ2v) is 5.34. The molecular weight excluding hydrogens is 300 g/mol. The molecule has 3 rings (SSSR count). The van der Waals surface area contributed by atoms with Crippen LogP contribution < -0.4 is 14.8 Å². The lowest BCUT2D eigenvalue weighted by Crippen LogP contribution is -2.01. The van der Waals surface area contributed by atoms with Gasteiger partial charge in [-0.1, -0.05) is 24.3 Å². The van der Waals surface area contributed by atoms with E-state index in [0.717, 1.165) is 28.4 Å². The smallest absolute Gasteiger partial charge is 0.130 e. The molecule has 0 spiro atoms. The minimum Gasteiger partial charge on any atom is -0.497 e. The molecule has 24 heavy (non-hydrogen) atoms. The number of ether oxygens (including phenoxy) is 2. The molecule has 1 heterocycles. The molecule has 0 unspecified atom stereocenters. The summed E-state index contributed by atoms with van der Waals surface area (Å²) in [5, 5.41) is 3.39. The predicted molar refractivity (Wildman–Crippen MR) is 95.3 cm³/mol. The van der Waals surface area contributed by atoms with E-state index in [2.05, 4.69) is 16.4 Å². The van der Waals surface area contributed by atoms with Crippen LogP contribution in [-0.4, -0.2) is 12.1 Å². The van der Waals surface area contributed by atoms with Crippen LogP contribution in [0.2, 0.25) is 0 Å². The van der Waals surface area contributed by atoms with E-state index in [0.29, 0.717) is 13.2 Å². The molecule has 0 amide bonds. The van der Waals surface area contributed by atoms with Gasteiger partial charge in [0, 0.05) is 24.5 Å². The average Bonchev–Trinajstić information content (AvgIpc) is 2.66. The second-order valence-electron chi connectivity index (χ2n) is 5.34. The van der Waals surface area contributed by atoms with Crippen molar-refractivity contribution in [2.75, 3.05) is 12.4 Å². The molecule has 1 N–H and O–H groups in total. The van der Waals surface area contributed by atoms with E-state index in [1.807, 2.05) is 60.7 Å². The normalized spacial score (nSPS) is 10.2. The standard InChI is InChI=1S/C20H20N2O2/c1-23-19-9-5-8-17(13-19)22-14-16-6-4-10-20(12-16)24-15-18-7-2-3-11-21-18/h2-13,22H,14-15H2,1H3. The summed E-state index contributed by atoms with van der Waals surface area (Å²) in [6.07, 6.45) is 1.77. The molecule has 0 saturated heterocycles. The third-order valence-corrected chi connectivity index (χ3v) is 3.58. The van der Waals surface area contributed by atoms with E-state index in [-0.39, 0.29) is 0 Å². The van der Waals surface area contributed by atoms with Crippen molar-refractivity contribution in [2.24, 2.45) is 0 Å². The Balaban J connectivity index is 1.58. The van der Waals surface area contributed by atoms with Gasteiger partial charge in [-0.2, -0.15) is 0 Å². The molecular formula is C20H20N2O2. The number of anilines is 1. The Hall–Kier alpha value is -3.01. The summed E-state index contributed by atoms with van der Waals surface area (Å²) in [5.74, 6) is 1.68. The monoisotopic (exact) mass is 320 g/mol. The third-order valence-electron chi connectivity index (χ3n) is 3.58. The highest BCUT2D eigenvalue weighted by molar-refractivity contribution is 5.48. The van der Waals surface area contributed by atoms with Crippen LogP contribution in [-0.2, 0) is 13.2 Å². The molecule has 122 valence electrons. The van der Waals surface area contributed by atoms with Gasteiger partial charge in [0.05, 0.1) is 12.8 Å². The van der Waals surface area contributed by atoms with Gasteiger partial charge in [0.25, 0.3) is 0 Å². The number of aromatic nitrogens is 1. The summed E-state index contributed by atoms with van der Waals surface area (Å²) >= 11 is 0. The van der Waals surface area contributed by atoms with Crippen LogP contribution in [0, 0.1) is 0 Å². The number of methoxy groups -OCH3 is 1. The van der Waals surface area contributed by atoms with Gasteiger partial charge >= 0.3 is 0 Å². The molecule has 0 radical (unpaired) electrons. The maximum Gasteiger partial charge on any atom is 0.130 e. The molecule has 0 bridgehead atoms. The molecule has 4 nitrogen and oxygen atoms in total. The summed E-state index contributed by atoms with van der Waals surface area (Å²) in [7, 11) is 1.67. The maximum absolute atomic E-state index is 5.81. The van der Waals surface area contributed by atoms with Crippen LogP contribution in [0.4, 0.5) is 5.69 Å².